The highest BCUT2D eigenvalue weighted by Gasteiger charge is 1.98. The van der Waals surface area contributed by atoms with E-state index < -0.39 is 0 Å². The van der Waals surface area contributed by atoms with Crippen molar-refractivity contribution in [2.75, 3.05) is 12.8 Å². The smallest absolute Gasteiger partial charge is 0.0205 e. The van der Waals surface area contributed by atoms with Gasteiger partial charge in [-0.25, -0.2) is 0 Å². The molecule has 0 aliphatic rings. The molecule has 0 heterocycles. The third kappa shape index (κ3) is 4.72. The van der Waals surface area contributed by atoms with Crippen molar-refractivity contribution in [1.82, 2.24) is 5.32 Å². The van der Waals surface area contributed by atoms with E-state index in [-0.39, 0.29) is 0 Å². The van der Waals surface area contributed by atoms with Crippen molar-refractivity contribution in [1.29, 1.82) is 0 Å². The van der Waals surface area contributed by atoms with E-state index in [1.54, 1.807) is 11.8 Å². The highest BCUT2D eigenvalue weighted by atomic mass is 32.2. The molecule has 0 fully saturated rings. The second kappa shape index (κ2) is 6.91. The van der Waals surface area contributed by atoms with E-state index in [9.17, 15) is 0 Å². The third-order valence-corrected chi connectivity index (χ3v) is 3.42. The van der Waals surface area contributed by atoms with Crippen molar-refractivity contribution in [2.24, 2.45) is 5.92 Å². The predicted molar refractivity (Wildman–Crippen MR) is 69.4 cm³/mol. The van der Waals surface area contributed by atoms with Crippen LogP contribution in [0.4, 0.5) is 0 Å². The molecule has 0 saturated carbocycles. The molecule has 0 spiro atoms. The Balaban J connectivity index is 2.31. The fraction of sp³-hybridized carbons (Fsp3) is 0.538. The Bertz CT molecular complexity index is 268. The Labute approximate surface area is 97.7 Å². The summed E-state index contributed by atoms with van der Waals surface area (Å²) in [6.07, 6.45) is 3.36. The molecular weight excluding hydrogens is 202 g/mol. The van der Waals surface area contributed by atoms with Crippen LogP contribution in [-0.2, 0) is 6.54 Å². The van der Waals surface area contributed by atoms with Gasteiger partial charge in [0.25, 0.3) is 0 Å². The summed E-state index contributed by atoms with van der Waals surface area (Å²) in [5, 5.41) is 3.48. The fourth-order valence-corrected chi connectivity index (χ4v) is 1.76. The zero-order valence-electron chi connectivity index (χ0n) is 9.92. The first-order valence-electron chi connectivity index (χ1n) is 5.60. The average Bonchev–Trinajstić information content (AvgIpc) is 2.29. The van der Waals surface area contributed by atoms with Gasteiger partial charge in [0.15, 0.2) is 0 Å². The SMILES string of the molecule is CC[C@H](C)CNCc1ccc(SC)cc1. The van der Waals surface area contributed by atoms with Gasteiger partial charge >= 0.3 is 0 Å². The van der Waals surface area contributed by atoms with Gasteiger partial charge in [0.2, 0.25) is 0 Å². The lowest BCUT2D eigenvalue weighted by molar-refractivity contribution is 0.500. The quantitative estimate of drug-likeness (QED) is 0.740. The van der Waals surface area contributed by atoms with Crippen molar-refractivity contribution in [2.45, 2.75) is 31.7 Å². The lowest BCUT2D eigenvalue weighted by atomic mass is 10.1. The molecule has 2 heteroatoms. The normalized spacial score (nSPS) is 12.7. The van der Waals surface area contributed by atoms with Gasteiger partial charge in [-0.2, -0.15) is 0 Å². The van der Waals surface area contributed by atoms with Crippen LogP contribution in [0.15, 0.2) is 29.2 Å². The van der Waals surface area contributed by atoms with Crippen LogP contribution in [0.2, 0.25) is 0 Å². The van der Waals surface area contributed by atoms with Gasteiger partial charge in [-0.1, -0.05) is 32.4 Å². The van der Waals surface area contributed by atoms with Crippen LogP contribution >= 0.6 is 11.8 Å². The van der Waals surface area contributed by atoms with Gasteiger partial charge in [-0.05, 0) is 36.4 Å². The van der Waals surface area contributed by atoms with E-state index in [0.29, 0.717) is 0 Å². The second-order valence-electron chi connectivity index (χ2n) is 3.99. The van der Waals surface area contributed by atoms with Crippen molar-refractivity contribution < 1.29 is 0 Å². The summed E-state index contributed by atoms with van der Waals surface area (Å²) >= 11 is 1.79. The minimum Gasteiger partial charge on any atom is -0.312 e. The Morgan fingerprint density at radius 1 is 1.27 bits per heavy atom. The van der Waals surface area contributed by atoms with Gasteiger partial charge in [0.05, 0.1) is 0 Å². The molecule has 0 saturated heterocycles. The molecule has 1 aromatic carbocycles. The predicted octanol–water partition coefficient (Wildman–Crippen LogP) is 3.54. The summed E-state index contributed by atoms with van der Waals surface area (Å²) in [5.74, 6) is 0.774. The highest BCUT2D eigenvalue weighted by Crippen LogP contribution is 2.14. The van der Waals surface area contributed by atoms with Gasteiger partial charge in [-0.15, -0.1) is 11.8 Å². The first kappa shape index (κ1) is 12.6. The molecule has 1 atom stereocenters. The maximum absolute atomic E-state index is 3.48. The zero-order chi connectivity index (χ0) is 11.1. The summed E-state index contributed by atoms with van der Waals surface area (Å²) in [7, 11) is 0. The van der Waals surface area contributed by atoms with E-state index in [4.69, 9.17) is 0 Å². The minimum absolute atomic E-state index is 0.774. The summed E-state index contributed by atoms with van der Waals surface area (Å²) < 4.78 is 0. The summed E-state index contributed by atoms with van der Waals surface area (Å²) in [6.45, 7) is 6.61. The third-order valence-electron chi connectivity index (χ3n) is 2.68. The molecule has 0 unspecified atom stereocenters. The van der Waals surface area contributed by atoms with E-state index in [0.717, 1.165) is 19.0 Å². The monoisotopic (exact) mass is 223 g/mol. The molecule has 0 bridgehead atoms. The van der Waals surface area contributed by atoms with Crippen molar-refractivity contribution >= 4 is 11.8 Å². The van der Waals surface area contributed by atoms with Gasteiger partial charge in [0, 0.05) is 11.4 Å². The number of hydrogen-bond donors (Lipinski definition) is 1. The van der Waals surface area contributed by atoms with E-state index in [1.165, 1.54) is 16.9 Å². The Morgan fingerprint density at radius 3 is 2.47 bits per heavy atom. The number of rotatable bonds is 6. The number of nitrogens with one attached hydrogen (secondary N) is 1. The second-order valence-corrected chi connectivity index (χ2v) is 4.87. The highest BCUT2D eigenvalue weighted by molar-refractivity contribution is 7.98. The lowest BCUT2D eigenvalue weighted by Gasteiger charge is -2.10. The molecule has 15 heavy (non-hydrogen) atoms. The molecular formula is C13H21NS. The van der Waals surface area contributed by atoms with Gasteiger partial charge in [-0.3, -0.25) is 0 Å². The molecule has 1 nitrogen and oxygen atoms in total. The average molecular weight is 223 g/mol. The Morgan fingerprint density at radius 2 is 1.93 bits per heavy atom. The number of thioether (sulfide) groups is 1. The van der Waals surface area contributed by atoms with Crippen LogP contribution in [0.25, 0.3) is 0 Å². The van der Waals surface area contributed by atoms with Crippen molar-refractivity contribution in [3.63, 3.8) is 0 Å². The first-order chi connectivity index (χ1) is 7.26. The Hall–Kier alpha value is -0.470. The molecule has 0 radical (unpaired) electrons. The van der Waals surface area contributed by atoms with Crippen LogP contribution in [0.5, 0.6) is 0 Å². The summed E-state index contributed by atoms with van der Waals surface area (Å²) in [5.41, 5.74) is 1.37. The molecule has 84 valence electrons. The Kier molecular flexibility index (Phi) is 5.81. The van der Waals surface area contributed by atoms with Crippen molar-refractivity contribution in [3.8, 4) is 0 Å². The number of benzene rings is 1. The van der Waals surface area contributed by atoms with Crippen LogP contribution < -0.4 is 5.32 Å². The molecule has 0 aliphatic heterocycles. The standard InChI is InChI=1S/C13H21NS/c1-4-11(2)9-14-10-12-5-7-13(15-3)8-6-12/h5-8,11,14H,4,9-10H2,1-3H3/t11-/m0/s1. The van der Waals surface area contributed by atoms with E-state index >= 15 is 0 Å². The first-order valence-corrected chi connectivity index (χ1v) is 6.82. The van der Waals surface area contributed by atoms with Gasteiger partial charge < -0.3 is 5.32 Å². The fourth-order valence-electron chi connectivity index (χ4n) is 1.35. The number of hydrogen-bond acceptors (Lipinski definition) is 2. The molecule has 0 amide bonds. The van der Waals surface area contributed by atoms with E-state index in [2.05, 4.69) is 49.7 Å². The zero-order valence-corrected chi connectivity index (χ0v) is 10.7. The summed E-state index contributed by atoms with van der Waals surface area (Å²) in [6, 6.07) is 8.78. The maximum Gasteiger partial charge on any atom is 0.0205 e. The molecule has 1 aromatic rings. The largest absolute Gasteiger partial charge is 0.312 e. The maximum atomic E-state index is 3.48. The minimum atomic E-state index is 0.774. The van der Waals surface area contributed by atoms with Crippen LogP contribution in [0.3, 0.4) is 0 Å². The molecule has 1 rings (SSSR count). The van der Waals surface area contributed by atoms with Crippen LogP contribution in [0, 0.1) is 5.92 Å². The lowest BCUT2D eigenvalue weighted by Crippen LogP contribution is -2.20. The van der Waals surface area contributed by atoms with Crippen LogP contribution in [0.1, 0.15) is 25.8 Å². The van der Waals surface area contributed by atoms with Crippen molar-refractivity contribution in [3.05, 3.63) is 29.8 Å². The summed E-state index contributed by atoms with van der Waals surface area (Å²) in [4.78, 5) is 1.33. The van der Waals surface area contributed by atoms with E-state index in [1.807, 2.05) is 0 Å². The van der Waals surface area contributed by atoms with Crippen LogP contribution in [-0.4, -0.2) is 12.8 Å². The molecule has 0 aromatic heterocycles. The molecule has 1 N–H and O–H groups in total. The van der Waals surface area contributed by atoms with Gasteiger partial charge in [0.1, 0.15) is 0 Å². The topological polar surface area (TPSA) is 12.0 Å². The molecule has 0 aliphatic carbocycles.